The van der Waals surface area contributed by atoms with E-state index < -0.39 is 24.0 Å². The Bertz CT molecular complexity index is 1060. The third kappa shape index (κ3) is 4.66. The number of thioether (sulfide) groups is 1. The van der Waals surface area contributed by atoms with Crippen molar-refractivity contribution in [3.63, 3.8) is 0 Å². The molecule has 0 spiro atoms. The molecule has 3 heterocycles. The van der Waals surface area contributed by atoms with Gasteiger partial charge in [-0.15, -0.1) is 11.8 Å². The number of nitrogens with one attached hydrogen (secondary N) is 1. The lowest BCUT2D eigenvalue weighted by atomic mass is 9.79. The van der Waals surface area contributed by atoms with E-state index in [0.717, 1.165) is 23.6 Å². The topological polar surface area (TPSA) is 130 Å². The van der Waals surface area contributed by atoms with Gasteiger partial charge in [-0.1, -0.05) is 13.0 Å². The van der Waals surface area contributed by atoms with Crippen LogP contribution in [0.3, 0.4) is 0 Å². The number of aliphatic hydroxyl groups is 1. The summed E-state index contributed by atoms with van der Waals surface area (Å²) in [5, 5.41) is 32.7. The quantitative estimate of drug-likeness (QED) is 0.376. The number of rotatable bonds is 9. The van der Waals surface area contributed by atoms with Crippen LogP contribution in [0.15, 0.2) is 34.9 Å². The Morgan fingerprint density at radius 3 is 2.51 bits per heavy atom. The van der Waals surface area contributed by atoms with Crippen LogP contribution in [0.5, 0.6) is 0 Å². The first-order valence-corrected chi connectivity index (χ1v) is 12.9. The maximum atomic E-state index is 12.6. The van der Waals surface area contributed by atoms with Crippen molar-refractivity contribution < 1.29 is 29.7 Å². The van der Waals surface area contributed by atoms with E-state index in [-0.39, 0.29) is 46.5 Å². The predicted molar refractivity (Wildman–Crippen MR) is 133 cm³/mol. The van der Waals surface area contributed by atoms with E-state index in [1.54, 1.807) is 36.9 Å². The lowest BCUT2D eigenvalue weighted by Gasteiger charge is -2.46. The Hall–Kier alpha value is -2.56. The molecule has 0 bridgehead atoms. The number of carboxylic acids is 2. The molecular weight excluding hydrogens is 470 g/mol. The van der Waals surface area contributed by atoms with Crippen molar-refractivity contribution in [3.05, 3.63) is 40.4 Å². The van der Waals surface area contributed by atoms with E-state index in [9.17, 15) is 29.7 Å². The van der Waals surface area contributed by atoms with E-state index >= 15 is 0 Å². The van der Waals surface area contributed by atoms with Gasteiger partial charge in [0.2, 0.25) is 5.91 Å². The minimum atomic E-state index is -1.10. The minimum absolute atomic E-state index is 0.0672. The second-order valence-electron chi connectivity index (χ2n) is 9.96. The minimum Gasteiger partial charge on any atom is -0.478 e. The highest BCUT2D eigenvalue weighted by Crippen LogP contribution is 2.52. The summed E-state index contributed by atoms with van der Waals surface area (Å²) in [4.78, 5) is 40.5. The van der Waals surface area contributed by atoms with Crippen LogP contribution in [0.4, 0.5) is 5.69 Å². The number of aliphatic carboxylic acids is 1. The molecule has 9 nitrogen and oxygen atoms in total. The molecule has 2 fully saturated rings. The largest absolute Gasteiger partial charge is 0.478 e. The maximum absolute atomic E-state index is 12.6. The molecule has 0 saturated carbocycles. The number of anilines is 1. The number of β-lactam (4-membered cyclic amide) rings is 1. The SMILES string of the molecule is CC(O)C1C(=O)N2C(C(=O)O)=C(SC3CC(CNc4cccc(C(=O)O)c4)N(C(C)C)C3)C(C)C12. The van der Waals surface area contributed by atoms with Gasteiger partial charge >= 0.3 is 11.9 Å². The molecule has 1 aromatic rings. The van der Waals surface area contributed by atoms with E-state index in [1.165, 1.54) is 4.90 Å². The number of hydrogen-bond donors (Lipinski definition) is 4. The zero-order valence-electron chi connectivity index (χ0n) is 20.3. The van der Waals surface area contributed by atoms with Gasteiger partial charge in [-0.25, -0.2) is 9.59 Å². The van der Waals surface area contributed by atoms with E-state index in [1.807, 2.05) is 13.0 Å². The van der Waals surface area contributed by atoms with Crippen molar-refractivity contribution in [1.29, 1.82) is 0 Å². The molecule has 0 radical (unpaired) electrons. The number of nitrogens with zero attached hydrogens (tertiary/aromatic N) is 2. The fraction of sp³-hybridized carbons (Fsp3) is 0.560. The van der Waals surface area contributed by atoms with E-state index in [0.29, 0.717) is 6.54 Å². The average molecular weight is 504 g/mol. The second-order valence-corrected chi connectivity index (χ2v) is 11.3. The molecule has 190 valence electrons. The molecule has 6 atom stereocenters. The Kier molecular flexibility index (Phi) is 7.17. The molecule has 3 aliphatic heterocycles. The number of benzene rings is 1. The van der Waals surface area contributed by atoms with Crippen molar-refractivity contribution in [2.45, 2.75) is 63.6 Å². The van der Waals surface area contributed by atoms with Gasteiger partial charge in [0.15, 0.2) is 0 Å². The third-order valence-electron chi connectivity index (χ3n) is 7.34. The van der Waals surface area contributed by atoms with Gasteiger partial charge < -0.3 is 25.5 Å². The summed E-state index contributed by atoms with van der Waals surface area (Å²) < 4.78 is 0. The summed E-state index contributed by atoms with van der Waals surface area (Å²) in [5.74, 6) is -3.09. The van der Waals surface area contributed by atoms with Crippen LogP contribution in [0.1, 0.15) is 44.5 Å². The summed E-state index contributed by atoms with van der Waals surface area (Å²) >= 11 is 1.55. The Morgan fingerprint density at radius 2 is 1.91 bits per heavy atom. The van der Waals surface area contributed by atoms with Crippen LogP contribution >= 0.6 is 11.8 Å². The van der Waals surface area contributed by atoms with Crippen LogP contribution in [0.2, 0.25) is 0 Å². The first-order valence-electron chi connectivity index (χ1n) is 12.0. The van der Waals surface area contributed by atoms with Crippen LogP contribution in [-0.4, -0.2) is 85.5 Å². The zero-order valence-corrected chi connectivity index (χ0v) is 21.2. The van der Waals surface area contributed by atoms with Crippen LogP contribution in [-0.2, 0) is 9.59 Å². The number of aliphatic hydroxyl groups excluding tert-OH is 1. The molecule has 6 unspecified atom stereocenters. The van der Waals surface area contributed by atoms with Gasteiger partial charge in [0.1, 0.15) is 5.70 Å². The first-order chi connectivity index (χ1) is 16.5. The number of aromatic carboxylic acids is 1. The van der Waals surface area contributed by atoms with Crippen LogP contribution in [0.25, 0.3) is 0 Å². The van der Waals surface area contributed by atoms with Gasteiger partial charge in [0.05, 0.1) is 23.6 Å². The number of carbonyl (C=O) groups excluding carboxylic acids is 1. The van der Waals surface area contributed by atoms with E-state index in [4.69, 9.17) is 0 Å². The van der Waals surface area contributed by atoms with Gasteiger partial charge in [0.25, 0.3) is 0 Å². The lowest BCUT2D eigenvalue weighted by Crippen LogP contribution is -2.63. The third-order valence-corrected chi connectivity index (χ3v) is 8.83. The number of carboxylic acid groups (broad SMARTS) is 2. The second kappa shape index (κ2) is 9.83. The van der Waals surface area contributed by atoms with Crippen molar-refractivity contribution in [2.75, 3.05) is 18.4 Å². The molecule has 0 aliphatic carbocycles. The van der Waals surface area contributed by atoms with Crippen LogP contribution in [0, 0.1) is 11.8 Å². The zero-order chi connectivity index (χ0) is 25.6. The summed E-state index contributed by atoms with van der Waals surface area (Å²) in [5.41, 5.74) is 1.04. The number of carbonyl (C=O) groups is 3. The summed E-state index contributed by atoms with van der Waals surface area (Å²) in [7, 11) is 0. The molecular formula is C25H33N3O6S. The Morgan fingerprint density at radius 1 is 1.20 bits per heavy atom. The monoisotopic (exact) mass is 503 g/mol. The van der Waals surface area contributed by atoms with Crippen molar-refractivity contribution >= 4 is 35.3 Å². The normalized spacial score (nSPS) is 29.4. The Labute approximate surface area is 209 Å². The smallest absolute Gasteiger partial charge is 0.353 e. The fourth-order valence-electron chi connectivity index (χ4n) is 5.67. The fourth-order valence-corrected chi connectivity index (χ4v) is 7.25. The van der Waals surface area contributed by atoms with Gasteiger partial charge in [-0.3, -0.25) is 9.69 Å². The van der Waals surface area contributed by atoms with Crippen LogP contribution < -0.4 is 5.32 Å². The highest BCUT2D eigenvalue weighted by Gasteiger charge is 2.60. The van der Waals surface area contributed by atoms with Crippen molar-refractivity contribution in [3.8, 4) is 0 Å². The highest BCUT2D eigenvalue weighted by atomic mass is 32.2. The first kappa shape index (κ1) is 25.5. The Balaban J connectivity index is 1.48. The molecule has 1 aromatic carbocycles. The van der Waals surface area contributed by atoms with Crippen molar-refractivity contribution in [1.82, 2.24) is 9.80 Å². The number of likely N-dealkylation sites (tertiary alicyclic amines) is 1. The molecule has 2 saturated heterocycles. The molecule has 0 aromatic heterocycles. The van der Waals surface area contributed by atoms with Gasteiger partial charge in [-0.2, -0.15) is 0 Å². The lowest BCUT2D eigenvalue weighted by molar-refractivity contribution is -0.163. The summed E-state index contributed by atoms with van der Waals surface area (Å²) in [6.07, 6.45) is 0.0133. The number of fused-ring (bicyclic) bond motifs is 1. The predicted octanol–water partition coefficient (Wildman–Crippen LogP) is 2.53. The average Bonchev–Trinajstić information content (AvgIpc) is 3.30. The van der Waals surface area contributed by atoms with E-state index in [2.05, 4.69) is 24.1 Å². The standard InChI is InChI=1S/C25H33N3O6S/c1-12(2)27-11-18(9-17(27)10-26-16-7-5-6-15(8-16)24(31)32)35-22-13(3)20-19(14(4)29)23(30)28(20)21(22)25(33)34/h5-8,12-14,17-20,26,29H,9-11H2,1-4H3,(H,31,32)(H,33,34). The molecule has 4 rings (SSSR count). The number of amides is 1. The molecule has 4 N–H and O–H groups in total. The van der Waals surface area contributed by atoms with Gasteiger partial charge in [-0.05, 0) is 45.4 Å². The molecule has 3 aliphatic rings. The molecule has 35 heavy (non-hydrogen) atoms. The maximum Gasteiger partial charge on any atom is 0.353 e. The molecule has 10 heteroatoms. The van der Waals surface area contributed by atoms with Crippen molar-refractivity contribution in [2.24, 2.45) is 11.8 Å². The number of hydrogen-bond acceptors (Lipinski definition) is 7. The summed E-state index contributed by atoms with van der Waals surface area (Å²) in [6.45, 7) is 9.20. The summed E-state index contributed by atoms with van der Waals surface area (Å²) in [6, 6.07) is 6.90. The van der Waals surface area contributed by atoms with Gasteiger partial charge in [0, 0.05) is 46.9 Å². The molecule has 1 amide bonds. The highest BCUT2D eigenvalue weighted by molar-refractivity contribution is 8.03.